The molecule has 1 atom stereocenters. The van der Waals surface area contributed by atoms with E-state index in [0.717, 1.165) is 11.3 Å². The SMILES string of the molecule is Cc1cc(C(=O)N[C@@H](C)c2ccccc2Cl)n(C)n1. The monoisotopic (exact) mass is 277 g/mol. The molecule has 1 aromatic carbocycles. The van der Waals surface area contributed by atoms with Gasteiger partial charge < -0.3 is 5.32 Å². The Bertz CT molecular complexity index is 606. The highest BCUT2D eigenvalue weighted by atomic mass is 35.5. The number of carbonyl (C=O) groups excluding carboxylic acids is 1. The zero-order valence-electron chi connectivity index (χ0n) is 11.1. The molecular weight excluding hydrogens is 262 g/mol. The van der Waals surface area contributed by atoms with Crippen molar-refractivity contribution in [3.8, 4) is 0 Å². The number of nitrogens with one attached hydrogen (secondary N) is 1. The first kappa shape index (κ1) is 13.6. The van der Waals surface area contributed by atoms with E-state index >= 15 is 0 Å². The number of amides is 1. The van der Waals surface area contributed by atoms with Crippen molar-refractivity contribution in [3.63, 3.8) is 0 Å². The Labute approximate surface area is 117 Å². The highest BCUT2D eigenvalue weighted by Crippen LogP contribution is 2.22. The maximum atomic E-state index is 12.2. The van der Waals surface area contributed by atoms with E-state index in [2.05, 4.69) is 10.4 Å². The number of hydrogen-bond donors (Lipinski definition) is 1. The van der Waals surface area contributed by atoms with Gasteiger partial charge in [-0.25, -0.2) is 0 Å². The fraction of sp³-hybridized carbons (Fsp3) is 0.286. The number of aryl methyl sites for hydroxylation is 2. The third-order valence-electron chi connectivity index (χ3n) is 2.95. The molecule has 0 bridgehead atoms. The topological polar surface area (TPSA) is 46.9 Å². The van der Waals surface area contributed by atoms with Gasteiger partial charge in [-0.1, -0.05) is 29.8 Å². The highest BCUT2D eigenvalue weighted by molar-refractivity contribution is 6.31. The largest absolute Gasteiger partial charge is 0.344 e. The average molecular weight is 278 g/mol. The molecule has 0 aliphatic carbocycles. The Morgan fingerprint density at radius 1 is 1.42 bits per heavy atom. The van der Waals surface area contributed by atoms with E-state index in [1.165, 1.54) is 0 Å². The number of benzene rings is 1. The smallest absolute Gasteiger partial charge is 0.270 e. The van der Waals surface area contributed by atoms with Crippen LogP contribution in [0.5, 0.6) is 0 Å². The summed E-state index contributed by atoms with van der Waals surface area (Å²) in [6.45, 7) is 3.76. The minimum atomic E-state index is -0.157. The van der Waals surface area contributed by atoms with Gasteiger partial charge in [0.15, 0.2) is 0 Å². The molecule has 1 heterocycles. The summed E-state index contributed by atoms with van der Waals surface area (Å²) in [4.78, 5) is 12.2. The Morgan fingerprint density at radius 2 is 2.11 bits per heavy atom. The van der Waals surface area contributed by atoms with Crippen LogP contribution in [0.15, 0.2) is 30.3 Å². The fourth-order valence-corrected chi connectivity index (χ4v) is 2.30. The molecule has 0 radical (unpaired) electrons. The van der Waals surface area contributed by atoms with Crippen molar-refractivity contribution in [2.45, 2.75) is 19.9 Å². The summed E-state index contributed by atoms with van der Waals surface area (Å²) >= 11 is 6.12. The van der Waals surface area contributed by atoms with Crippen LogP contribution in [0.25, 0.3) is 0 Å². The molecule has 1 N–H and O–H groups in total. The lowest BCUT2D eigenvalue weighted by atomic mass is 10.1. The molecule has 5 heteroatoms. The molecule has 1 aromatic heterocycles. The lowest BCUT2D eigenvalue weighted by Gasteiger charge is -2.15. The predicted octanol–water partition coefficient (Wildman–Crippen LogP) is 2.87. The van der Waals surface area contributed by atoms with Crippen LogP contribution >= 0.6 is 11.6 Å². The molecule has 0 unspecified atom stereocenters. The van der Waals surface area contributed by atoms with Crippen molar-refractivity contribution in [1.29, 1.82) is 0 Å². The van der Waals surface area contributed by atoms with E-state index in [-0.39, 0.29) is 11.9 Å². The first-order valence-electron chi connectivity index (χ1n) is 6.05. The van der Waals surface area contributed by atoms with Crippen molar-refractivity contribution in [3.05, 3.63) is 52.3 Å². The second kappa shape index (κ2) is 5.45. The number of aromatic nitrogens is 2. The molecule has 0 spiro atoms. The van der Waals surface area contributed by atoms with Crippen LogP contribution in [0.1, 0.15) is 34.7 Å². The van der Waals surface area contributed by atoms with Gasteiger partial charge in [0.2, 0.25) is 0 Å². The first-order valence-corrected chi connectivity index (χ1v) is 6.42. The number of nitrogens with zero attached hydrogens (tertiary/aromatic N) is 2. The maximum Gasteiger partial charge on any atom is 0.270 e. The van der Waals surface area contributed by atoms with Gasteiger partial charge in [0.1, 0.15) is 5.69 Å². The zero-order chi connectivity index (χ0) is 14.0. The Hall–Kier alpha value is -1.81. The Kier molecular flexibility index (Phi) is 3.90. The van der Waals surface area contributed by atoms with Gasteiger partial charge in [-0.15, -0.1) is 0 Å². The number of halogens is 1. The van der Waals surface area contributed by atoms with Crippen LogP contribution in [0.4, 0.5) is 0 Å². The molecule has 19 heavy (non-hydrogen) atoms. The van der Waals surface area contributed by atoms with Crippen LogP contribution in [-0.4, -0.2) is 15.7 Å². The summed E-state index contributed by atoms with van der Waals surface area (Å²) in [5, 5.41) is 7.73. The van der Waals surface area contributed by atoms with Gasteiger partial charge in [-0.3, -0.25) is 9.48 Å². The van der Waals surface area contributed by atoms with E-state index in [1.807, 2.05) is 38.1 Å². The van der Waals surface area contributed by atoms with Crippen molar-refractivity contribution >= 4 is 17.5 Å². The highest BCUT2D eigenvalue weighted by Gasteiger charge is 2.16. The van der Waals surface area contributed by atoms with Crippen LogP contribution in [0.3, 0.4) is 0 Å². The molecule has 1 amide bonds. The second-order valence-corrected chi connectivity index (χ2v) is 4.92. The maximum absolute atomic E-state index is 12.2. The third kappa shape index (κ3) is 2.96. The number of hydrogen-bond acceptors (Lipinski definition) is 2. The quantitative estimate of drug-likeness (QED) is 0.938. The molecule has 2 aromatic rings. The summed E-state index contributed by atoms with van der Waals surface area (Å²) in [5.74, 6) is -0.157. The Morgan fingerprint density at radius 3 is 2.68 bits per heavy atom. The molecule has 0 aliphatic heterocycles. The summed E-state index contributed by atoms with van der Waals surface area (Å²) in [6, 6.07) is 9.09. The van der Waals surface area contributed by atoms with Crippen LogP contribution < -0.4 is 5.32 Å². The zero-order valence-corrected chi connectivity index (χ0v) is 11.9. The van der Waals surface area contributed by atoms with Gasteiger partial charge in [-0.2, -0.15) is 5.10 Å². The molecule has 0 saturated carbocycles. The average Bonchev–Trinajstić information content (AvgIpc) is 2.69. The van der Waals surface area contributed by atoms with Gasteiger partial charge in [0, 0.05) is 12.1 Å². The Balaban J connectivity index is 2.15. The van der Waals surface area contributed by atoms with Gasteiger partial charge in [-0.05, 0) is 31.5 Å². The molecule has 100 valence electrons. The molecule has 4 nitrogen and oxygen atoms in total. The number of carbonyl (C=O) groups is 1. The van der Waals surface area contributed by atoms with Gasteiger partial charge in [0.05, 0.1) is 11.7 Å². The minimum Gasteiger partial charge on any atom is -0.344 e. The van der Waals surface area contributed by atoms with E-state index < -0.39 is 0 Å². The van der Waals surface area contributed by atoms with Crippen molar-refractivity contribution in [2.24, 2.45) is 7.05 Å². The summed E-state index contributed by atoms with van der Waals surface area (Å²) in [6.07, 6.45) is 0. The summed E-state index contributed by atoms with van der Waals surface area (Å²) in [5.41, 5.74) is 2.26. The van der Waals surface area contributed by atoms with E-state index in [9.17, 15) is 4.79 Å². The van der Waals surface area contributed by atoms with Crippen molar-refractivity contribution in [1.82, 2.24) is 15.1 Å². The van der Waals surface area contributed by atoms with E-state index in [1.54, 1.807) is 17.8 Å². The lowest BCUT2D eigenvalue weighted by Crippen LogP contribution is -2.28. The molecule has 0 aliphatic rings. The molecule has 0 saturated heterocycles. The summed E-state index contributed by atoms with van der Waals surface area (Å²) < 4.78 is 1.57. The van der Waals surface area contributed by atoms with E-state index in [0.29, 0.717) is 10.7 Å². The van der Waals surface area contributed by atoms with Crippen LogP contribution in [0.2, 0.25) is 5.02 Å². The normalized spacial score (nSPS) is 12.2. The van der Waals surface area contributed by atoms with Gasteiger partial charge >= 0.3 is 0 Å². The predicted molar refractivity (Wildman–Crippen MR) is 75.3 cm³/mol. The van der Waals surface area contributed by atoms with Crippen molar-refractivity contribution < 1.29 is 4.79 Å². The van der Waals surface area contributed by atoms with Crippen molar-refractivity contribution in [2.75, 3.05) is 0 Å². The third-order valence-corrected chi connectivity index (χ3v) is 3.30. The van der Waals surface area contributed by atoms with E-state index in [4.69, 9.17) is 11.6 Å². The minimum absolute atomic E-state index is 0.156. The molecular formula is C14H16ClN3O. The second-order valence-electron chi connectivity index (χ2n) is 4.51. The number of rotatable bonds is 3. The lowest BCUT2D eigenvalue weighted by molar-refractivity contribution is 0.0930. The molecule has 0 fully saturated rings. The summed E-state index contributed by atoms with van der Waals surface area (Å²) in [7, 11) is 1.75. The first-order chi connectivity index (χ1) is 8.99. The standard InChI is InChI=1S/C14H16ClN3O/c1-9-8-13(18(3)17-9)14(19)16-10(2)11-6-4-5-7-12(11)15/h4-8,10H,1-3H3,(H,16,19)/t10-/m0/s1. The fourth-order valence-electron chi connectivity index (χ4n) is 2.00. The molecule has 2 rings (SSSR count). The van der Waals surface area contributed by atoms with Crippen LogP contribution in [0, 0.1) is 6.92 Å². The van der Waals surface area contributed by atoms with Gasteiger partial charge in [0.25, 0.3) is 5.91 Å². The van der Waals surface area contributed by atoms with Crippen LogP contribution in [-0.2, 0) is 7.05 Å².